The summed E-state index contributed by atoms with van der Waals surface area (Å²) in [7, 11) is -17.0. The molecule has 8 fully saturated rings. The Morgan fingerprint density at radius 3 is 0.403 bits per heavy atom. The minimum atomic E-state index is -2.13. The molecule has 17 rings (SSSR count). The van der Waals surface area contributed by atoms with Crippen LogP contribution in [-0.2, 0) is 72.4 Å². The van der Waals surface area contributed by atoms with E-state index in [4.69, 9.17) is 109 Å². The van der Waals surface area contributed by atoms with Gasteiger partial charge in [0, 0.05) is 136 Å². The van der Waals surface area contributed by atoms with Crippen LogP contribution >= 0.6 is 68.8 Å². The Balaban J connectivity index is 1.05. The molecule has 0 unspecified atom stereocenters. The lowest BCUT2D eigenvalue weighted by Crippen LogP contribution is -2.29. The molecule has 32 heteroatoms. The molecule has 0 amide bonds. The predicted octanol–water partition coefficient (Wildman–Crippen LogP) is 26.2. The second-order valence-electron chi connectivity index (χ2n) is 39.3. The number of benzene rings is 8. The lowest BCUT2D eigenvalue weighted by Gasteiger charge is -2.37. The highest BCUT2D eigenvalue weighted by molar-refractivity contribution is 7.44. The van der Waals surface area contributed by atoms with Crippen LogP contribution in [0.5, 0.6) is 46.0 Å². The molecule has 8 bridgehead atoms. The molecule has 664 valence electrons. The zero-order chi connectivity index (χ0) is 86.6. The molecule has 8 saturated heterocycles. The van der Waals surface area contributed by atoms with Gasteiger partial charge in [-0.1, -0.05) is 232 Å². The SMILES string of the molecule is CC1(C)COP(Oc2cc(OP3OCC(C)(C)CO3)c3cc2C(c2ccccc2)c2cc(c(OP4OCC(C)(C)CO4)cc2OP2OCC(C)(C)CO2)C(c2ccccc2)c2cc(c(OP4OCC(C)(C)CO4)cc2OP2OCC(C)(C)CO2)C(c2ccccc2)c2cc(c(OP4OCC(C)(C)CO4)cc2OP2OCC(C)(C)CO2)C3c2ccccc2)OC1. The van der Waals surface area contributed by atoms with Crippen molar-refractivity contribution in [2.24, 2.45) is 43.3 Å². The third-order valence-corrected chi connectivity index (χ3v) is 30.1. The number of hydrogen-bond acceptors (Lipinski definition) is 24. The number of fused-ring (bicyclic) bond motifs is 8. The van der Waals surface area contributed by atoms with Crippen molar-refractivity contribution in [1.29, 1.82) is 0 Å². The molecule has 8 heterocycles. The Morgan fingerprint density at radius 2 is 0.290 bits per heavy atom. The summed E-state index contributed by atoms with van der Waals surface area (Å²) in [4.78, 5) is 0. The maximum absolute atomic E-state index is 7.56. The third kappa shape index (κ3) is 22.1. The maximum atomic E-state index is 7.56. The van der Waals surface area contributed by atoms with Gasteiger partial charge in [-0.2, -0.15) is 0 Å². The smallest absolute Gasteiger partial charge is 0.397 e. The summed E-state index contributed by atoms with van der Waals surface area (Å²) in [6, 6.07) is 57.7. The number of rotatable bonds is 20. The van der Waals surface area contributed by atoms with Crippen molar-refractivity contribution in [3.8, 4) is 46.0 Å². The second-order valence-corrected chi connectivity index (χ2v) is 48.5. The summed E-state index contributed by atoms with van der Waals surface area (Å²) in [6.07, 6.45) is 0. The molecule has 0 atom stereocenters. The summed E-state index contributed by atoms with van der Waals surface area (Å²) < 4.78 is 169. The highest BCUT2D eigenvalue weighted by Crippen LogP contribution is 2.65. The molecular formula is C92H112O24P8. The highest BCUT2D eigenvalue weighted by atomic mass is 31.2. The van der Waals surface area contributed by atoms with Gasteiger partial charge in [0.1, 0.15) is 46.0 Å². The van der Waals surface area contributed by atoms with E-state index in [1.54, 1.807) is 0 Å². The summed E-state index contributed by atoms with van der Waals surface area (Å²) in [6.45, 7) is 39.2. The van der Waals surface area contributed by atoms with Gasteiger partial charge in [-0.05, 0) is 46.5 Å². The Bertz CT molecular complexity index is 4120. The van der Waals surface area contributed by atoms with Crippen molar-refractivity contribution in [2.45, 2.75) is 134 Å². The third-order valence-electron chi connectivity index (χ3n) is 21.9. The van der Waals surface area contributed by atoms with Crippen molar-refractivity contribution in [1.82, 2.24) is 0 Å². The van der Waals surface area contributed by atoms with Crippen molar-refractivity contribution in [2.75, 3.05) is 106 Å². The van der Waals surface area contributed by atoms with Gasteiger partial charge in [-0.25, -0.2) is 0 Å². The fourth-order valence-corrected chi connectivity index (χ4v) is 26.1. The van der Waals surface area contributed by atoms with Crippen LogP contribution in [0.2, 0.25) is 0 Å². The highest BCUT2D eigenvalue weighted by Gasteiger charge is 2.47. The molecule has 0 radical (unpaired) electrons. The van der Waals surface area contributed by atoms with Crippen LogP contribution in [-0.4, -0.2) is 106 Å². The van der Waals surface area contributed by atoms with E-state index >= 15 is 0 Å². The molecule has 0 N–H and O–H groups in total. The van der Waals surface area contributed by atoms with Crippen LogP contribution in [0.15, 0.2) is 170 Å². The minimum Gasteiger partial charge on any atom is -0.426 e. The van der Waals surface area contributed by atoms with E-state index in [0.29, 0.717) is 196 Å². The van der Waals surface area contributed by atoms with Crippen LogP contribution < -0.4 is 36.2 Å². The normalized spacial score (nSPS) is 25.0. The van der Waals surface area contributed by atoms with E-state index in [2.05, 4.69) is 184 Å². The molecule has 124 heavy (non-hydrogen) atoms. The van der Waals surface area contributed by atoms with Crippen LogP contribution in [0.25, 0.3) is 0 Å². The minimum absolute atomic E-state index is 0.342. The van der Waals surface area contributed by atoms with Crippen molar-refractivity contribution in [3.05, 3.63) is 237 Å². The summed E-state index contributed by atoms with van der Waals surface area (Å²) in [5, 5.41) is 0. The van der Waals surface area contributed by atoms with Crippen molar-refractivity contribution >= 4 is 68.8 Å². The first kappa shape index (κ1) is 90.9. The topological polar surface area (TPSA) is 222 Å². The van der Waals surface area contributed by atoms with E-state index < -0.39 is 92.5 Å². The summed E-state index contributed by atoms with van der Waals surface area (Å²) in [5.41, 5.74) is 5.52. The van der Waals surface area contributed by atoms with E-state index in [1.165, 1.54) is 0 Å². The van der Waals surface area contributed by atoms with Crippen molar-refractivity contribution < 1.29 is 109 Å². The fraction of sp³-hybridized carbons (Fsp3) is 0.478. The summed E-state index contributed by atoms with van der Waals surface area (Å²) >= 11 is 0. The standard InChI is InChI=1S/C92H112O24P8/c1-85(2)45-93-117(94-46-85)109-73-41-74(110-118-95-47-86(3,4)48-96-118)66-37-65(73)81(61-29-21-17-22-30-61)67-38-68(76(112-120-99-51-88(7,8)52-100-120)42-75(67)111-119-97-49-87(5,6)50-98-119)83(63-33-25-19-26-34-63)71-40-72(80(116-124-107-59-92(15,16)60-108-124)44-79(71)115-123-105-57-91(13,14)58-106-123)84(64-35-27-20-28-36-64)70-39-69(82(66)62-31-23-18-24-32-62)77(113-121-101-53-89(9,10)54-102-121)43-78(70)114-122-103-55-90(11,12)56-104-122/h17-44,81-84H,45-60H2,1-16H3. The maximum Gasteiger partial charge on any atom is 0.397 e. The van der Waals surface area contributed by atoms with Gasteiger partial charge in [-0.15, -0.1) is 0 Å². The lowest BCUT2D eigenvalue weighted by atomic mass is 9.75. The van der Waals surface area contributed by atoms with Crippen LogP contribution in [0, 0.1) is 43.3 Å². The van der Waals surface area contributed by atoms with Crippen LogP contribution in [0.1, 0.15) is 201 Å². The molecular weight excluding hydrogens is 1740 g/mol. The number of hydrogen-bond donors (Lipinski definition) is 0. The molecule has 0 spiro atoms. The molecule has 0 saturated carbocycles. The molecule has 8 aliphatic heterocycles. The van der Waals surface area contributed by atoms with E-state index in [1.807, 2.05) is 97.1 Å². The van der Waals surface area contributed by atoms with E-state index in [0.717, 1.165) is 22.3 Å². The Hall–Kier alpha value is -5.04. The first-order chi connectivity index (χ1) is 59.2. The van der Waals surface area contributed by atoms with Crippen molar-refractivity contribution in [3.63, 3.8) is 0 Å². The van der Waals surface area contributed by atoms with Crippen LogP contribution in [0.3, 0.4) is 0 Å². The van der Waals surface area contributed by atoms with E-state index in [9.17, 15) is 0 Å². The predicted molar refractivity (Wildman–Crippen MR) is 481 cm³/mol. The first-order valence-electron chi connectivity index (χ1n) is 42.0. The average Bonchev–Trinajstić information content (AvgIpc) is 0.728. The quantitative estimate of drug-likeness (QED) is 0.0647. The average molecular weight is 1850 g/mol. The molecule has 8 aromatic rings. The molecule has 24 nitrogen and oxygen atoms in total. The summed E-state index contributed by atoms with van der Waals surface area (Å²) in [5.74, 6) is -0.796. The van der Waals surface area contributed by atoms with Gasteiger partial charge < -0.3 is 109 Å². The van der Waals surface area contributed by atoms with Gasteiger partial charge in [0.05, 0.1) is 106 Å². The largest absolute Gasteiger partial charge is 0.426 e. The first-order valence-corrected chi connectivity index (χ1v) is 50.8. The Morgan fingerprint density at radius 1 is 0.177 bits per heavy atom. The fourth-order valence-electron chi connectivity index (χ4n) is 14.8. The molecule has 9 aliphatic rings. The lowest BCUT2D eigenvalue weighted by molar-refractivity contribution is 0.0416. The molecule has 0 aromatic heterocycles. The zero-order valence-electron chi connectivity index (χ0n) is 73.2. The Kier molecular flexibility index (Phi) is 27.6. The molecule has 1 aliphatic carbocycles. The Labute approximate surface area is 739 Å². The van der Waals surface area contributed by atoms with Gasteiger partial charge in [0.25, 0.3) is 0 Å². The van der Waals surface area contributed by atoms with Crippen LogP contribution in [0.4, 0.5) is 0 Å². The van der Waals surface area contributed by atoms with Gasteiger partial charge in [0.15, 0.2) is 0 Å². The monoisotopic (exact) mass is 1850 g/mol. The zero-order valence-corrected chi connectivity index (χ0v) is 80.3. The molecule has 8 aromatic carbocycles. The van der Waals surface area contributed by atoms with Gasteiger partial charge >= 0.3 is 68.8 Å². The van der Waals surface area contributed by atoms with E-state index in [-0.39, 0.29) is 43.3 Å². The van der Waals surface area contributed by atoms with Gasteiger partial charge in [0.2, 0.25) is 0 Å². The van der Waals surface area contributed by atoms with Gasteiger partial charge in [-0.3, -0.25) is 0 Å². The second kappa shape index (κ2) is 37.7.